The van der Waals surface area contributed by atoms with Crippen molar-refractivity contribution in [3.05, 3.63) is 160 Å². The van der Waals surface area contributed by atoms with Crippen molar-refractivity contribution in [1.29, 1.82) is 0 Å². The van der Waals surface area contributed by atoms with E-state index < -0.39 is 72.9 Å². The average molecular weight is 1360 g/mol. The van der Waals surface area contributed by atoms with E-state index >= 15 is 0 Å². The van der Waals surface area contributed by atoms with Crippen molar-refractivity contribution >= 4 is 81.9 Å². The van der Waals surface area contributed by atoms with Crippen LogP contribution >= 0.6 is 0 Å². The molecule has 5 heterocycles. The molecule has 24 nitrogen and oxygen atoms in total. The highest BCUT2D eigenvalue weighted by Gasteiger charge is 2.57. The smallest absolute Gasteiger partial charge is 0.261 e. The number of carbonyl (C=O) groups excluding carboxylic acids is 8. The lowest BCUT2D eigenvalue weighted by Gasteiger charge is -2.33. The average Bonchev–Trinajstić information content (AvgIpc) is 1.55. The molecule has 8 amide bonds. The largest absolute Gasteiger partial charge is 0.493 e. The summed E-state index contributed by atoms with van der Waals surface area (Å²) < 4.78 is 30.4. The molecule has 2 fully saturated rings. The second-order valence-electron chi connectivity index (χ2n) is 26.4. The number of unbranched alkanes of at least 4 members (excludes halogenated alkanes) is 2. The molecule has 6 N–H and O–H groups in total. The molecular weight excluding hydrogens is 1280 g/mol. The monoisotopic (exact) mass is 1360 g/mol. The Labute approximate surface area is 580 Å². The van der Waals surface area contributed by atoms with Crippen LogP contribution in [0.25, 0.3) is 0 Å². The van der Waals surface area contributed by atoms with E-state index in [1.54, 1.807) is 89.1 Å². The number of aliphatic hydroxyl groups excluding tert-OH is 1. The first-order chi connectivity index (χ1) is 48.4. The van der Waals surface area contributed by atoms with Crippen LogP contribution in [0.5, 0.6) is 23.0 Å². The molecule has 6 aromatic rings. The number of carbonyl (C=O) groups is 8. The van der Waals surface area contributed by atoms with Crippen molar-refractivity contribution in [3.8, 4) is 34.8 Å². The fourth-order valence-corrected chi connectivity index (χ4v) is 13.3. The molecule has 1 saturated heterocycles. The van der Waals surface area contributed by atoms with Gasteiger partial charge in [-0.15, -0.1) is 0 Å². The number of benzene rings is 6. The number of amides is 8. The number of nitrogens with zero attached hydrogens (tertiary/aromatic N) is 5. The van der Waals surface area contributed by atoms with Gasteiger partial charge < -0.3 is 70.1 Å². The van der Waals surface area contributed by atoms with E-state index in [2.05, 4.69) is 38.4 Å². The zero-order chi connectivity index (χ0) is 70.2. The molecule has 1 aliphatic carbocycles. The van der Waals surface area contributed by atoms with Gasteiger partial charge in [0, 0.05) is 66.7 Å². The predicted molar refractivity (Wildman–Crippen MR) is 374 cm³/mol. The summed E-state index contributed by atoms with van der Waals surface area (Å²) in [5.74, 6) is 3.93. The zero-order valence-electron chi connectivity index (χ0n) is 56.6. The minimum absolute atomic E-state index is 0.0132. The summed E-state index contributed by atoms with van der Waals surface area (Å²) in [5, 5.41) is 25.2. The predicted octanol–water partition coefficient (Wildman–Crippen LogP) is 7.47. The number of aliphatic imine (C=N–C) groups is 1. The van der Waals surface area contributed by atoms with E-state index in [4.69, 9.17) is 28.7 Å². The minimum atomic E-state index is -1.10. The van der Waals surface area contributed by atoms with E-state index in [1.807, 2.05) is 79.0 Å². The van der Waals surface area contributed by atoms with Crippen molar-refractivity contribution in [2.45, 2.75) is 122 Å². The van der Waals surface area contributed by atoms with Crippen molar-refractivity contribution in [3.63, 3.8) is 0 Å². The van der Waals surface area contributed by atoms with Gasteiger partial charge in [-0.1, -0.05) is 86.4 Å². The Kier molecular flexibility index (Phi) is 21.1. The maximum absolute atomic E-state index is 14.5. The molecule has 0 aromatic heterocycles. The Balaban J connectivity index is 0.585. The molecular formula is C76H82N10O14. The zero-order valence-corrected chi connectivity index (χ0v) is 56.6. The summed E-state index contributed by atoms with van der Waals surface area (Å²) in [7, 11) is 3.07. The Morgan fingerprint density at radius 3 is 2.04 bits per heavy atom. The summed E-state index contributed by atoms with van der Waals surface area (Å²) in [6, 6.07) is 33.8. The number of hydrogen-bond donors (Lipinski definition) is 6. The third-order valence-corrected chi connectivity index (χ3v) is 19.1. The molecule has 6 aromatic carbocycles. The van der Waals surface area contributed by atoms with Crippen LogP contribution in [-0.4, -0.2) is 148 Å². The fraction of sp³-hybridized carbons (Fsp3) is 0.382. The van der Waals surface area contributed by atoms with E-state index in [-0.39, 0.29) is 61.9 Å². The van der Waals surface area contributed by atoms with Gasteiger partial charge in [0.25, 0.3) is 11.8 Å². The Morgan fingerprint density at radius 2 is 1.32 bits per heavy atom. The molecule has 6 aliphatic rings. The molecule has 520 valence electrons. The molecule has 100 heavy (non-hydrogen) atoms. The summed E-state index contributed by atoms with van der Waals surface area (Å²) in [5.41, 5.74) is 7.91. The minimum Gasteiger partial charge on any atom is -0.493 e. The number of methoxy groups -OCH3 is 2. The second-order valence-corrected chi connectivity index (χ2v) is 26.4. The number of rotatable bonds is 27. The van der Waals surface area contributed by atoms with Gasteiger partial charge in [0.05, 0.1) is 93.9 Å². The van der Waals surface area contributed by atoms with Crippen molar-refractivity contribution < 1.29 is 67.1 Å². The van der Waals surface area contributed by atoms with E-state index in [0.29, 0.717) is 108 Å². The van der Waals surface area contributed by atoms with E-state index in [0.717, 1.165) is 47.2 Å². The summed E-state index contributed by atoms with van der Waals surface area (Å²) >= 11 is 0. The molecule has 12 rings (SSSR count). The number of hydrogen-bond acceptors (Lipinski definition) is 16. The van der Waals surface area contributed by atoms with Gasteiger partial charge in [-0.05, 0) is 122 Å². The third kappa shape index (κ3) is 15.6. The highest BCUT2D eigenvalue weighted by atomic mass is 16.5. The van der Waals surface area contributed by atoms with E-state index in [9.17, 15) is 43.5 Å². The Bertz CT molecular complexity index is 4240. The van der Waals surface area contributed by atoms with Crippen LogP contribution in [0.1, 0.15) is 121 Å². The van der Waals surface area contributed by atoms with E-state index in [1.165, 1.54) is 14.0 Å². The Morgan fingerprint density at radius 1 is 0.670 bits per heavy atom. The maximum atomic E-state index is 14.5. The molecule has 1 unspecified atom stereocenters. The summed E-state index contributed by atoms with van der Waals surface area (Å²) in [4.78, 5) is 119. The topological polar surface area (TPSA) is 288 Å². The maximum Gasteiger partial charge on any atom is 0.261 e. The lowest BCUT2D eigenvalue weighted by molar-refractivity contribution is -0.132. The highest BCUT2D eigenvalue weighted by Crippen LogP contribution is 2.57. The molecule has 5 aliphatic heterocycles. The number of ether oxygens (including phenoxy) is 5. The van der Waals surface area contributed by atoms with Gasteiger partial charge in [-0.3, -0.25) is 48.2 Å². The number of fused-ring (bicyclic) bond motifs is 8. The third-order valence-electron chi connectivity index (χ3n) is 19.1. The highest BCUT2D eigenvalue weighted by molar-refractivity contribution is 6.15. The first-order valence-electron chi connectivity index (χ1n) is 33.9. The van der Waals surface area contributed by atoms with Gasteiger partial charge in [0.15, 0.2) is 23.0 Å². The van der Waals surface area contributed by atoms with Crippen LogP contribution in [0.2, 0.25) is 0 Å². The van der Waals surface area contributed by atoms with Gasteiger partial charge in [0.1, 0.15) is 25.0 Å². The van der Waals surface area contributed by atoms with Crippen molar-refractivity contribution in [2.24, 2.45) is 16.3 Å². The van der Waals surface area contributed by atoms with Crippen LogP contribution in [0.3, 0.4) is 0 Å². The summed E-state index contributed by atoms with van der Waals surface area (Å²) in [6.45, 7) is 5.50. The van der Waals surface area contributed by atoms with Crippen LogP contribution in [0.15, 0.2) is 126 Å². The number of nitrogens with one attached hydrogen (secondary N) is 5. The standard InChI is InChI=1S/C76H82N10O14/c1-46(2)70(82-68(89)41-79-67(88)40-78-66(87)27-28-69(90)83-42-52-18-8-7-15-49(52)23-24-50-16-9-11-19-58(50)83)72(92)80-47(3)71(91)81-53-25-21-48(22-26-53)43-98-45-85-60-37-65(63(97-5)35-56(60)73(93)84-44-76(29-30-76)38-61(84)75(85)95)100-32-14-6-13-31-99-64-36-57-55(34-62(64)96-4)74(94)86-54(39-77-57)33-51-17-10-12-20-59(51)86/h7-12,15-22,25-26,34-37,39,46-47,54,61,70,75,95H,6,13-14,27-33,38,40-45H2,1-5H3,(H,78,87)(H,79,88)(H,80,92)(H,81,91)(H,82,89)/t47-,54-,61-,70-,75?/m0/s1. The van der Waals surface area contributed by atoms with Crippen LogP contribution < -0.4 is 60.2 Å². The number of aliphatic hydroxyl groups is 1. The molecule has 24 heteroatoms. The number of para-hydroxylation sites is 2. The fourth-order valence-electron chi connectivity index (χ4n) is 13.3. The van der Waals surface area contributed by atoms with Crippen LogP contribution in [0, 0.1) is 23.2 Å². The van der Waals surface area contributed by atoms with Gasteiger partial charge >= 0.3 is 0 Å². The lowest BCUT2D eigenvalue weighted by atomic mass is 10.0. The second kappa shape index (κ2) is 30.6. The number of anilines is 4. The normalized spacial score (nSPS) is 17.7. The first-order valence-corrected chi connectivity index (χ1v) is 33.9. The van der Waals surface area contributed by atoms with Gasteiger partial charge in [-0.25, -0.2) is 0 Å². The van der Waals surface area contributed by atoms with Crippen molar-refractivity contribution in [2.75, 3.05) is 73.8 Å². The summed E-state index contributed by atoms with van der Waals surface area (Å²) in [6.07, 6.45) is 5.81. The Hall–Kier alpha value is -10.8. The quantitative estimate of drug-likeness (QED) is 0.0215. The lowest BCUT2D eigenvalue weighted by Crippen LogP contribution is -2.55. The van der Waals surface area contributed by atoms with Crippen LogP contribution in [0.4, 0.5) is 28.4 Å². The molecule has 0 radical (unpaired) electrons. The SMILES string of the molecule is COc1cc2c(cc1OCCCCCOc1cc3c(cc1OC)C(=O)N1CC4(CC4)C[C@H]1C(O)N3COCc1ccc(NC(=O)[C@H](C)NC(=O)[C@@H](NC(=O)CNC(=O)CNC(=O)CCC(=O)N3Cc4ccccc4C#Cc4ccccc43)C(C)C)cc1)N=C[C@@H]1Cc3ccccc3N1C2=O. The molecule has 0 bridgehead atoms. The molecule has 1 spiro atoms. The molecule has 5 atom stereocenters. The van der Waals surface area contributed by atoms with Gasteiger partial charge in [0.2, 0.25) is 35.4 Å². The molecule has 1 saturated carbocycles. The van der Waals surface area contributed by atoms with Gasteiger partial charge in [-0.2, -0.15) is 0 Å². The van der Waals surface area contributed by atoms with Crippen LogP contribution in [-0.2, 0) is 53.1 Å². The first kappa shape index (κ1) is 69.1. The van der Waals surface area contributed by atoms with Crippen molar-refractivity contribution in [1.82, 2.24) is 26.2 Å².